The number of unbranched alkanes of at least 4 members (excludes halogenated alkanes) is 2. The fourth-order valence-corrected chi connectivity index (χ4v) is 1.11. The molecule has 1 atom stereocenters. The molecule has 0 fully saturated rings. The second-order valence-electron chi connectivity index (χ2n) is 2.84. The van der Waals surface area contributed by atoms with Crippen LogP contribution in [-0.2, 0) is 9.53 Å². The Kier molecular flexibility index (Phi) is 8.12. The van der Waals surface area contributed by atoms with E-state index in [2.05, 4.69) is 0 Å². The lowest BCUT2D eigenvalue weighted by Gasteiger charge is -2.11. The summed E-state index contributed by atoms with van der Waals surface area (Å²) in [6, 6.07) is 0. The molecule has 0 aromatic heterocycles. The van der Waals surface area contributed by atoms with Crippen LogP contribution in [0.4, 0.5) is 0 Å². The third-order valence-corrected chi connectivity index (χ3v) is 1.89. The van der Waals surface area contributed by atoms with Gasteiger partial charge in [-0.05, 0) is 25.7 Å². The molecule has 0 radical (unpaired) electrons. The van der Waals surface area contributed by atoms with Gasteiger partial charge in [0.05, 0.1) is 0 Å². The van der Waals surface area contributed by atoms with E-state index in [-0.39, 0.29) is 12.7 Å². The first-order chi connectivity index (χ1) is 5.85. The Morgan fingerprint density at radius 2 is 2.17 bits per heavy atom. The maximum Gasteiger partial charge on any atom is 0.293 e. The molecule has 0 aliphatic rings. The van der Waals surface area contributed by atoms with Crippen LogP contribution < -0.4 is 0 Å². The smallest absolute Gasteiger partial charge is 0.293 e. The highest BCUT2D eigenvalue weighted by atomic mass is 16.5. The van der Waals surface area contributed by atoms with Gasteiger partial charge in [-0.15, -0.1) is 0 Å². The molecule has 0 aromatic carbocycles. The van der Waals surface area contributed by atoms with Gasteiger partial charge in [0.15, 0.2) is 0 Å². The summed E-state index contributed by atoms with van der Waals surface area (Å²) in [5, 5.41) is 8.50. The summed E-state index contributed by atoms with van der Waals surface area (Å²) in [6.07, 6.45) is 4.73. The van der Waals surface area contributed by atoms with E-state index in [1.165, 1.54) is 0 Å². The van der Waals surface area contributed by atoms with Crippen molar-refractivity contribution in [3.05, 3.63) is 0 Å². The Morgan fingerprint density at radius 1 is 1.42 bits per heavy atom. The molecule has 0 amide bonds. The van der Waals surface area contributed by atoms with E-state index in [4.69, 9.17) is 9.84 Å². The number of rotatable bonds is 8. The summed E-state index contributed by atoms with van der Waals surface area (Å²) in [6.45, 7) is 2.77. The van der Waals surface area contributed by atoms with Crippen LogP contribution in [0.5, 0.6) is 0 Å². The first-order valence-corrected chi connectivity index (χ1v) is 4.55. The molecule has 0 heterocycles. The molecule has 0 saturated carbocycles. The van der Waals surface area contributed by atoms with Crippen LogP contribution in [0.15, 0.2) is 0 Å². The summed E-state index contributed by atoms with van der Waals surface area (Å²) in [4.78, 5) is 10.0. The van der Waals surface area contributed by atoms with Crippen LogP contribution in [0.25, 0.3) is 0 Å². The van der Waals surface area contributed by atoms with Gasteiger partial charge < -0.3 is 9.84 Å². The van der Waals surface area contributed by atoms with Crippen molar-refractivity contribution in [2.75, 3.05) is 6.61 Å². The number of hydrogen-bond donors (Lipinski definition) is 1. The summed E-state index contributed by atoms with van der Waals surface area (Å²) >= 11 is 0. The normalized spacial score (nSPS) is 12.5. The maximum atomic E-state index is 10.0. The summed E-state index contributed by atoms with van der Waals surface area (Å²) < 4.78 is 4.83. The minimum Gasteiger partial charge on any atom is -0.465 e. The number of hydrogen-bond acceptors (Lipinski definition) is 3. The highest BCUT2D eigenvalue weighted by Crippen LogP contribution is 2.08. The first-order valence-electron chi connectivity index (χ1n) is 4.55. The lowest BCUT2D eigenvalue weighted by molar-refractivity contribution is -0.134. The molecule has 0 saturated heterocycles. The van der Waals surface area contributed by atoms with Crippen molar-refractivity contribution in [1.82, 2.24) is 0 Å². The van der Waals surface area contributed by atoms with Crippen LogP contribution in [0.3, 0.4) is 0 Å². The SMILES string of the molecule is CCC(CCCCCO)OC=O. The average Bonchev–Trinajstić information content (AvgIpc) is 2.10. The monoisotopic (exact) mass is 174 g/mol. The molecule has 3 heteroatoms. The minimum atomic E-state index is 0.0705. The van der Waals surface area contributed by atoms with Crippen molar-refractivity contribution in [2.45, 2.75) is 45.1 Å². The van der Waals surface area contributed by atoms with E-state index < -0.39 is 0 Å². The lowest BCUT2D eigenvalue weighted by atomic mass is 10.1. The molecule has 0 aliphatic carbocycles. The molecule has 1 unspecified atom stereocenters. The fraction of sp³-hybridized carbons (Fsp3) is 0.889. The molecule has 0 spiro atoms. The Hall–Kier alpha value is -0.570. The number of ether oxygens (including phenoxy) is 1. The largest absolute Gasteiger partial charge is 0.465 e. The van der Waals surface area contributed by atoms with Gasteiger partial charge in [0, 0.05) is 6.61 Å². The Bertz CT molecular complexity index is 104. The molecule has 3 nitrogen and oxygen atoms in total. The Balaban J connectivity index is 3.25. The quantitative estimate of drug-likeness (QED) is 0.448. The number of carbonyl (C=O) groups is 1. The van der Waals surface area contributed by atoms with Gasteiger partial charge in [-0.1, -0.05) is 13.3 Å². The van der Waals surface area contributed by atoms with Gasteiger partial charge in [0.2, 0.25) is 0 Å². The number of carbonyl (C=O) groups excluding carboxylic acids is 1. The van der Waals surface area contributed by atoms with Crippen molar-refractivity contribution in [3.63, 3.8) is 0 Å². The third-order valence-electron chi connectivity index (χ3n) is 1.89. The average molecular weight is 174 g/mol. The molecule has 0 aromatic rings. The van der Waals surface area contributed by atoms with Crippen molar-refractivity contribution in [1.29, 1.82) is 0 Å². The van der Waals surface area contributed by atoms with Crippen molar-refractivity contribution >= 4 is 6.47 Å². The van der Waals surface area contributed by atoms with Gasteiger partial charge in [-0.25, -0.2) is 0 Å². The van der Waals surface area contributed by atoms with Crippen LogP contribution in [0, 0.1) is 0 Å². The van der Waals surface area contributed by atoms with E-state index in [0.29, 0.717) is 6.47 Å². The maximum absolute atomic E-state index is 10.0. The minimum absolute atomic E-state index is 0.0705. The third kappa shape index (κ3) is 6.16. The van der Waals surface area contributed by atoms with Gasteiger partial charge in [0.25, 0.3) is 6.47 Å². The topological polar surface area (TPSA) is 46.5 Å². The molecular formula is C9H18O3. The summed E-state index contributed by atoms with van der Waals surface area (Å²) in [5.41, 5.74) is 0. The molecule has 0 bridgehead atoms. The first kappa shape index (κ1) is 11.4. The van der Waals surface area contributed by atoms with E-state index in [9.17, 15) is 4.79 Å². The molecule has 0 aliphatic heterocycles. The second-order valence-corrected chi connectivity index (χ2v) is 2.84. The lowest BCUT2D eigenvalue weighted by Crippen LogP contribution is -2.10. The molecule has 0 rings (SSSR count). The molecule has 72 valence electrons. The number of aliphatic hydroxyl groups excluding tert-OH is 1. The highest BCUT2D eigenvalue weighted by Gasteiger charge is 2.04. The summed E-state index contributed by atoms with van der Waals surface area (Å²) in [5.74, 6) is 0. The molecule has 1 N–H and O–H groups in total. The highest BCUT2D eigenvalue weighted by molar-refractivity contribution is 5.37. The van der Waals surface area contributed by atoms with Crippen LogP contribution in [-0.4, -0.2) is 24.3 Å². The predicted molar refractivity (Wildman–Crippen MR) is 46.8 cm³/mol. The van der Waals surface area contributed by atoms with E-state index in [1.54, 1.807) is 0 Å². The fourth-order valence-electron chi connectivity index (χ4n) is 1.11. The molecular weight excluding hydrogens is 156 g/mol. The van der Waals surface area contributed by atoms with Crippen molar-refractivity contribution < 1.29 is 14.6 Å². The standard InChI is InChI=1S/C9H18O3/c1-2-9(12-8-11)6-4-3-5-7-10/h8-10H,2-7H2,1H3. The zero-order chi connectivity index (χ0) is 9.23. The van der Waals surface area contributed by atoms with Crippen molar-refractivity contribution in [2.24, 2.45) is 0 Å². The van der Waals surface area contributed by atoms with Crippen molar-refractivity contribution in [3.8, 4) is 0 Å². The second kappa shape index (κ2) is 8.53. The molecule has 12 heavy (non-hydrogen) atoms. The zero-order valence-electron chi connectivity index (χ0n) is 7.66. The van der Waals surface area contributed by atoms with Crippen LogP contribution in [0.2, 0.25) is 0 Å². The predicted octanol–water partition coefficient (Wildman–Crippen LogP) is 1.49. The Morgan fingerprint density at radius 3 is 2.67 bits per heavy atom. The zero-order valence-corrected chi connectivity index (χ0v) is 7.66. The van der Waals surface area contributed by atoms with Crippen LogP contribution >= 0.6 is 0 Å². The summed E-state index contributed by atoms with van der Waals surface area (Å²) in [7, 11) is 0. The van der Waals surface area contributed by atoms with Gasteiger partial charge >= 0.3 is 0 Å². The van der Waals surface area contributed by atoms with Gasteiger partial charge in [-0.3, -0.25) is 4.79 Å². The van der Waals surface area contributed by atoms with Crippen LogP contribution in [0.1, 0.15) is 39.0 Å². The number of aliphatic hydroxyl groups is 1. The van der Waals surface area contributed by atoms with Gasteiger partial charge in [0.1, 0.15) is 6.10 Å². The van der Waals surface area contributed by atoms with E-state index in [1.807, 2.05) is 6.92 Å². The van der Waals surface area contributed by atoms with E-state index in [0.717, 1.165) is 32.1 Å². The Labute approximate surface area is 73.7 Å². The van der Waals surface area contributed by atoms with E-state index >= 15 is 0 Å². The van der Waals surface area contributed by atoms with Gasteiger partial charge in [-0.2, -0.15) is 0 Å².